The van der Waals surface area contributed by atoms with E-state index in [0.717, 1.165) is 41.1 Å². The molecule has 4 fully saturated rings. The minimum Gasteiger partial charge on any atom is -0.535 e. The number of Topliss-reactive ketones (excluding diaryl/α,β-unsaturated/α-hetero) is 2. The first-order valence-electron chi connectivity index (χ1n) is 29.5. The lowest BCUT2D eigenvalue weighted by atomic mass is 9.43. The molecule has 3 saturated carbocycles. The normalized spacial score (nSPS) is 20.3. The monoisotopic (exact) mass is 1450 g/mol. The molecule has 1 saturated heterocycles. The van der Waals surface area contributed by atoms with E-state index in [1.165, 1.54) is 30.0 Å². The number of carbonyl (C=O) groups excluding carboxylic acids is 5. The van der Waals surface area contributed by atoms with Gasteiger partial charge in [0.2, 0.25) is 0 Å². The number of aromatic carboxylic acids is 1. The topological polar surface area (TPSA) is 402 Å². The van der Waals surface area contributed by atoms with Gasteiger partial charge in [0.25, 0.3) is 10.2 Å². The molecule has 8 atom stereocenters. The number of nitrogens with two attached hydrogens (primary N) is 2. The number of hydrogen-bond acceptors (Lipinski definition) is 23. The van der Waals surface area contributed by atoms with Crippen molar-refractivity contribution in [2.45, 2.75) is 154 Å². The highest BCUT2D eigenvalue weighted by Crippen LogP contribution is 2.66. The number of ketones is 2. The number of carbonyl (C=O) groups is 6. The van der Waals surface area contributed by atoms with Gasteiger partial charge in [-0.15, -0.1) is 22.7 Å². The van der Waals surface area contributed by atoms with E-state index in [4.69, 9.17) is 78.2 Å². The summed E-state index contributed by atoms with van der Waals surface area (Å²) in [5, 5.41) is 30.1. The highest BCUT2D eigenvalue weighted by atomic mass is 35.6. The van der Waals surface area contributed by atoms with Crippen molar-refractivity contribution in [1.82, 2.24) is 24.1 Å². The number of halogens is 3. The first-order valence-corrected chi connectivity index (χ1v) is 35.6. The fourth-order valence-corrected chi connectivity index (χ4v) is 14.6. The molecule has 2 aromatic heterocycles. The molecule has 37 heteroatoms. The summed E-state index contributed by atoms with van der Waals surface area (Å²) >= 11 is 16.4. The number of nitrogens with zero attached hydrogens (tertiary/aromatic N) is 2. The summed E-state index contributed by atoms with van der Waals surface area (Å²) in [5.41, 5.74) is 5.05. The number of nitrogen functional groups attached to an aromatic ring is 1. The molecule has 3 unspecified atom stereocenters. The van der Waals surface area contributed by atoms with E-state index in [-0.39, 0.29) is 94.0 Å². The van der Waals surface area contributed by atoms with Gasteiger partial charge in [0.15, 0.2) is 21.8 Å². The third kappa shape index (κ3) is 20.7. The predicted octanol–water partition coefficient (Wildman–Crippen LogP) is 8.95. The number of carboxylic acid groups (broad SMARTS) is 1. The van der Waals surface area contributed by atoms with Crippen molar-refractivity contribution in [3.63, 3.8) is 0 Å². The van der Waals surface area contributed by atoms with Crippen LogP contribution in [0.15, 0.2) is 77.5 Å². The highest BCUT2D eigenvalue weighted by Gasteiger charge is 2.68. The number of methoxy groups -OCH3 is 1. The SMILES string of the molecule is COc1c(C[C@H](CC(=O)C(NS(=O)(=O)NC(=O)OC(C)(C)C)c2csc(NC(=O)OCc3ccccc3)n2)B2OC3C[C@@H]4C[C@@H](C4(C)C)[C@]3(C)O2)cccc1C(=O)OC(C)(C)C.ClB(Cl)Cl.Nc1nc(C(NS(N)(=O)=O)C(=O)C[C@H]2Cc3cccc(C(=O)O)c3OB2O)cs1. The van der Waals surface area contributed by atoms with Crippen LogP contribution in [0.5, 0.6) is 11.5 Å². The maximum absolute atomic E-state index is 14.8. The van der Waals surface area contributed by atoms with E-state index < -0.39 is 116 Å². The van der Waals surface area contributed by atoms with Gasteiger partial charge in [0.05, 0.1) is 35.8 Å². The minimum absolute atomic E-state index is 0.0148. The van der Waals surface area contributed by atoms with Crippen molar-refractivity contribution in [3.8, 4) is 11.5 Å². The second-order valence-corrected chi connectivity index (χ2v) is 32.1. The number of para-hydroxylation sites is 2. The Hall–Kier alpha value is -6.14. The number of aromatic nitrogens is 2. The van der Waals surface area contributed by atoms with Crippen molar-refractivity contribution >= 4 is 143 Å². The summed E-state index contributed by atoms with van der Waals surface area (Å²) in [4.78, 5) is 85.3. The fraction of sp³-hybridized carbons (Fsp3) is 0.483. The van der Waals surface area contributed by atoms with Gasteiger partial charge in [0.1, 0.15) is 47.0 Å². The van der Waals surface area contributed by atoms with Crippen molar-refractivity contribution < 1.29 is 88.6 Å². The van der Waals surface area contributed by atoms with Gasteiger partial charge < -0.3 is 48.8 Å². The van der Waals surface area contributed by atoms with Gasteiger partial charge in [-0.05, 0) is 120 Å². The van der Waals surface area contributed by atoms with E-state index in [2.05, 4.69) is 40.8 Å². The van der Waals surface area contributed by atoms with Crippen molar-refractivity contribution in [2.24, 2.45) is 22.4 Å². The smallest absolute Gasteiger partial charge is 0.526 e. The first-order chi connectivity index (χ1) is 44.1. The van der Waals surface area contributed by atoms with Crippen LogP contribution < -0.4 is 39.7 Å². The zero-order valence-corrected chi connectivity index (χ0v) is 58.9. The van der Waals surface area contributed by atoms with E-state index in [9.17, 15) is 55.7 Å². The zero-order valence-electron chi connectivity index (χ0n) is 53.4. The quantitative estimate of drug-likeness (QED) is 0.0182. The molecule has 2 amide bonds. The number of fused-ring (bicyclic) bond motifs is 1. The molecule has 2 bridgehead atoms. The van der Waals surface area contributed by atoms with E-state index in [1.807, 2.05) is 27.6 Å². The zero-order chi connectivity index (χ0) is 70.3. The largest absolute Gasteiger partial charge is 0.535 e. The summed E-state index contributed by atoms with van der Waals surface area (Å²) < 4.78 is 97.1. The summed E-state index contributed by atoms with van der Waals surface area (Å²) in [7, 11) is -9.95. The maximum atomic E-state index is 14.8. The van der Waals surface area contributed by atoms with E-state index >= 15 is 0 Å². The molecule has 0 spiro atoms. The number of thiazole rings is 2. The average molecular weight is 1450 g/mol. The first kappa shape index (κ1) is 76.2. The molecule has 4 heterocycles. The van der Waals surface area contributed by atoms with Gasteiger partial charge in [-0.1, -0.05) is 68.4 Å². The van der Waals surface area contributed by atoms with Crippen molar-refractivity contribution in [2.75, 3.05) is 18.2 Å². The number of ether oxygens (including phenoxy) is 4. The molecule has 3 aromatic carbocycles. The molecule has 2 aliphatic heterocycles. The molecule has 0 radical (unpaired) electrons. The number of nitrogens with one attached hydrogen (secondary N) is 4. The Morgan fingerprint density at radius 1 is 0.832 bits per heavy atom. The molecule has 514 valence electrons. The lowest BCUT2D eigenvalue weighted by Crippen LogP contribution is -2.65. The van der Waals surface area contributed by atoms with Gasteiger partial charge in [0, 0.05) is 35.2 Å². The minimum atomic E-state index is -4.77. The summed E-state index contributed by atoms with van der Waals surface area (Å²) in [6.07, 6.45) is -0.926. The van der Waals surface area contributed by atoms with Crippen LogP contribution in [0.4, 0.5) is 19.9 Å². The Balaban J connectivity index is 0.000000320. The Labute approximate surface area is 574 Å². The third-order valence-corrected chi connectivity index (χ3v) is 19.0. The molecule has 10 rings (SSSR count). The Morgan fingerprint density at radius 2 is 1.45 bits per heavy atom. The van der Waals surface area contributed by atoms with Crippen molar-refractivity contribution in [3.05, 3.63) is 117 Å². The highest BCUT2D eigenvalue weighted by molar-refractivity contribution is 7.88. The molecule has 3 aliphatic carbocycles. The van der Waals surface area contributed by atoms with Gasteiger partial charge in [-0.3, -0.25) is 14.9 Å². The predicted molar refractivity (Wildman–Crippen MR) is 360 cm³/mol. The van der Waals surface area contributed by atoms with Crippen LogP contribution >= 0.6 is 57.1 Å². The van der Waals surface area contributed by atoms with Crippen LogP contribution in [-0.2, 0) is 73.0 Å². The fourth-order valence-electron chi connectivity index (χ4n) is 11.8. The van der Waals surface area contributed by atoms with Gasteiger partial charge in [-0.25, -0.2) is 39.0 Å². The second-order valence-electron chi connectivity index (χ2n) is 25.6. The molecule has 5 aromatic rings. The lowest BCUT2D eigenvalue weighted by Gasteiger charge is -2.64. The van der Waals surface area contributed by atoms with E-state index in [1.54, 1.807) is 77.9 Å². The molecular weight excluding hydrogens is 1380 g/mol. The Bertz CT molecular complexity index is 3850. The molecule has 10 N–H and O–H groups in total. The number of esters is 1. The van der Waals surface area contributed by atoms with Crippen LogP contribution in [-0.4, -0.2) is 122 Å². The Morgan fingerprint density at radius 3 is 2.05 bits per heavy atom. The lowest BCUT2D eigenvalue weighted by molar-refractivity contribution is -0.199. The summed E-state index contributed by atoms with van der Waals surface area (Å²) in [6, 6.07) is 15.6. The van der Waals surface area contributed by atoms with Crippen molar-refractivity contribution in [1.29, 1.82) is 0 Å². The van der Waals surface area contributed by atoms with Crippen LogP contribution in [0, 0.1) is 17.3 Å². The maximum Gasteiger partial charge on any atom is 0.526 e. The van der Waals surface area contributed by atoms with Gasteiger partial charge >= 0.3 is 53.5 Å². The third-order valence-electron chi connectivity index (χ3n) is 16.0. The van der Waals surface area contributed by atoms with Crippen LogP contribution in [0.25, 0.3) is 0 Å². The number of anilines is 2. The van der Waals surface area contributed by atoms with Gasteiger partial charge in [-0.2, -0.15) is 60.7 Å². The van der Waals surface area contributed by atoms with Crippen LogP contribution in [0.3, 0.4) is 0 Å². The number of benzene rings is 3. The Kier molecular flexibility index (Phi) is 25.0. The molecular formula is C58H74B3Cl3N8O19S4. The summed E-state index contributed by atoms with van der Waals surface area (Å²) in [5.74, 6) is -3.63. The molecule has 95 heavy (non-hydrogen) atoms. The van der Waals surface area contributed by atoms with Crippen LogP contribution in [0.1, 0.15) is 149 Å². The molecule has 27 nitrogen and oxygen atoms in total. The standard InChI is InChI=1S/C43H57BN4O12S2.C15H17BN4O7S2.BCl3/c1-40(2,3)57-36(50)29-18-14-17-26(35(29)55-10)19-28(44-59-33-21-27-20-32(42(27,7)8)43(33,9)60-44)22-31(49)34(47-62(53,54)48-39(52)58-41(4,5)6)30-24-61-37(45-30)46-38(51)56-23-25-15-12-11-13-16-25;17-15-19-10(6-28-15)12(20-29(18,25)26)11(21)5-8-4-7-2-1-3-9(14(22)23)13(7)27-16(8)24;2-1(3)4/h11-18,24,27-28,32-34,47H,19-23H2,1-10H3,(H,48,52)(H,45,46,51);1-3,6,8,12,20,24H,4-5H2,(H2,17,19)(H,22,23)(H2,18,25,26);/t27-,28+,32-,33?,34?,43-;8-,12?;/m01./s1. The van der Waals surface area contributed by atoms with E-state index in [0.29, 0.717) is 17.0 Å². The number of carboxylic acids is 1. The number of rotatable bonds is 22. The van der Waals surface area contributed by atoms with Crippen LogP contribution in [0.2, 0.25) is 11.6 Å². The number of amides is 2. The second kappa shape index (κ2) is 31.2. The number of hydrogen-bond donors (Lipinski definition) is 8. The summed E-state index contributed by atoms with van der Waals surface area (Å²) in [6.45, 7) is 16.5. The average Bonchev–Trinajstić information content (AvgIpc) is 1.66. The molecule has 5 aliphatic rings.